The van der Waals surface area contributed by atoms with Gasteiger partial charge >= 0.3 is 97.8 Å². The Morgan fingerprint density at radius 3 is 1.79 bits per heavy atom. The third-order valence-corrected chi connectivity index (χ3v) is 7.06. The molecule has 0 bridgehead atoms. The Morgan fingerprint density at radius 1 is 0.818 bits per heavy atom. The van der Waals surface area contributed by atoms with E-state index in [9.17, 15) is 0 Å². The second-order valence-electron chi connectivity index (χ2n) is 8.16. The molecule has 1 aliphatic rings. The number of halogens is 2. The van der Waals surface area contributed by atoms with Crippen molar-refractivity contribution in [3.8, 4) is 5.75 Å². The van der Waals surface area contributed by atoms with Gasteiger partial charge in [-0.2, -0.15) is 6.67 Å². The van der Waals surface area contributed by atoms with Crippen molar-refractivity contribution in [1.29, 1.82) is 0 Å². The maximum Gasteiger partial charge on any atom is 0.0116 e. The molecule has 1 aliphatic heterocycles. The molecule has 0 unspecified atom stereocenters. The van der Waals surface area contributed by atoms with E-state index in [4.69, 9.17) is 19.4 Å². The van der Waals surface area contributed by atoms with E-state index in [1.807, 2.05) is 42.7 Å². The number of anilines is 2. The van der Waals surface area contributed by atoms with E-state index in [0.29, 0.717) is 0 Å². The summed E-state index contributed by atoms with van der Waals surface area (Å²) in [6.07, 6.45) is 0.288. The number of para-hydroxylation sites is 3. The summed E-state index contributed by atoms with van der Waals surface area (Å²) in [5, 5.41) is 0. The first-order valence-electron chi connectivity index (χ1n) is 11.0. The zero-order valence-electron chi connectivity index (χ0n) is 19.5. The van der Waals surface area contributed by atoms with Gasteiger partial charge in [0.25, 0.3) is 0 Å². The van der Waals surface area contributed by atoms with Crippen LogP contribution in [0.2, 0.25) is 0 Å². The first kappa shape index (κ1) is 25.8. The Hall–Kier alpha value is -1.87. The fourth-order valence-corrected chi connectivity index (χ4v) is 5.50. The van der Waals surface area contributed by atoms with Gasteiger partial charge in [-0.3, -0.25) is 0 Å². The molecule has 3 aromatic carbocycles. The molecule has 3 aromatic rings. The van der Waals surface area contributed by atoms with Crippen LogP contribution in [-0.2, 0) is 13.5 Å². The molecule has 0 aromatic heterocycles. The van der Waals surface area contributed by atoms with Crippen molar-refractivity contribution in [1.82, 2.24) is 0 Å². The Morgan fingerprint density at radius 2 is 1.30 bits per heavy atom. The van der Waals surface area contributed by atoms with Crippen molar-refractivity contribution in [2.75, 3.05) is 22.9 Å². The predicted octanol–water partition coefficient (Wildman–Crippen LogP) is 7.16. The fourth-order valence-electron chi connectivity index (χ4n) is 3.69. The average Bonchev–Trinajstić information content (AvgIpc) is 3.25. The molecule has 3 nitrogen and oxygen atoms in total. The third kappa shape index (κ3) is 7.57. The van der Waals surface area contributed by atoms with Crippen LogP contribution in [0.5, 0.6) is 5.75 Å². The van der Waals surface area contributed by atoms with Crippen LogP contribution in [0.4, 0.5) is 11.4 Å². The summed E-state index contributed by atoms with van der Waals surface area (Å²) < 4.78 is 6.41. The first-order valence-corrected chi connectivity index (χ1v) is 16.5. The summed E-state index contributed by atoms with van der Waals surface area (Å²) in [5.41, 5.74) is 6.30. The molecule has 0 atom stereocenters. The van der Waals surface area contributed by atoms with Crippen LogP contribution >= 0.6 is 19.4 Å². The molecule has 0 spiro atoms. The van der Waals surface area contributed by atoms with E-state index in [1.54, 1.807) is 0 Å². The summed E-state index contributed by atoms with van der Waals surface area (Å²) >= 11 is -1.75. The second kappa shape index (κ2) is 12.6. The number of aryl methyl sites for hydroxylation is 2. The van der Waals surface area contributed by atoms with Gasteiger partial charge < -0.3 is 9.80 Å². The molecule has 6 heteroatoms. The van der Waals surface area contributed by atoms with Gasteiger partial charge in [0.1, 0.15) is 0 Å². The summed E-state index contributed by atoms with van der Waals surface area (Å²) in [7, 11) is 11.7. The van der Waals surface area contributed by atoms with Crippen LogP contribution in [-0.4, -0.2) is 28.5 Å². The zero-order chi connectivity index (χ0) is 23.8. The largest absolute Gasteiger partial charge is 0.502 e. The van der Waals surface area contributed by atoms with E-state index in [2.05, 4.69) is 83.6 Å². The first-order chi connectivity index (χ1) is 15.8. The number of aromatic hydroxyl groups is 1. The molecule has 0 aliphatic carbocycles. The average molecular weight is 573 g/mol. The smallest absolute Gasteiger partial charge is 0.0116 e. The summed E-state index contributed by atoms with van der Waals surface area (Å²) in [6, 6.07) is 25.0. The maximum absolute atomic E-state index is 5.83. The normalized spacial score (nSPS) is 13.5. The van der Waals surface area contributed by atoms with Gasteiger partial charge in [0.15, 0.2) is 0 Å². The molecule has 1 heterocycles. The van der Waals surface area contributed by atoms with Crippen LogP contribution in [0.3, 0.4) is 0 Å². The number of hydrogen-bond donors (Lipinski definition) is 0. The molecule has 4 rings (SSSR count). The quantitative estimate of drug-likeness (QED) is 0.184. The zero-order valence-corrected chi connectivity index (χ0v) is 22.8. The van der Waals surface area contributed by atoms with Crippen LogP contribution in [0, 0.1) is 20.5 Å². The second-order valence-corrected chi connectivity index (χ2v) is 13.9. The van der Waals surface area contributed by atoms with Crippen molar-refractivity contribution in [3.05, 3.63) is 96.2 Å². The summed E-state index contributed by atoms with van der Waals surface area (Å²) in [4.78, 5) is 4.67. The molecule has 1 fully saturated rings. The topological polar surface area (TPSA) is 19.3 Å². The standard InChI is InChI=1S/C17H19N2.C10H12O.2ClH.Ru/c1-14-7-3-5-9-16(14)18-11-12-19(13-18)17-10-6-4-8-15(17)2;1-8(2)11-10-7-5-4-6-9(10)3;;;/h3-10,13H,11-12H2,1-2H3;3-8H,1-2H3;2*1H;/q-1;;;;+2/p-1. The number of nitrogens with zero attached hydrogens (tertiary/aromatic N) is 2. The summed E-state index contributed by atoms with van der Waals surface area (Å²) in [6.45, 7) is 12.7. The van der Waals surface area contributed by atoms with E-state index < -0.39 is 13.5 Å². The molecule has 0 radical (unpaired) electrons. The van der Waals surface area contributed by atoms with E-state index in [0.717, 1.165) is 24.4 Å². The van der Waals surface area contributed by atoms with Gasteiger partial charge in [-0.25, -0.2) is 0 Å². The van der Waals surface area contributed by atoms with Crippen LogP contribution in [0.25, 0.3) is 0 Å². The third-order valence-electron chi connectivity index (χ3n) is 5.23. The van der Waals surface area contributed by atoms with Gasteiger partial charge in [-0.15, -0.1) is 0 Å². The molecular formula is C27H32Cl2N2ORu. The van der Waals surface area contributed by atoms with Gasteiger partial charge in [-0.1, -0.05) is 36.4 Å². The molecule has 178 valence electrons. The predicted molar refractivity (Wildman–Crippen MR) is 141 cm³/mol. The van der Waals surface area contributed by atoms with E-state index in [1.165, 1.54) is 22.5 Å². The molecule has 33 heavy (non-hydrogen) atoms. The molecule has 0 saturated carbocycles. The van der Waals surface area contributed by atoms with Crippen molar-refractivity contribution >= 4 is 35.4 Å². The van der Waals surface area contributed by atoms with Crippen molar-refractivity contribution < 1.29 is 18.3 Å². The van der Waals surface area contributed by atoms with Gasteiger partial charge in [-0.05, 0) is 37.1 Å². The number of rotatable bonds is 5. The van der Waals surface area contributed by atoms with E-state index >= 15 is 0 Å². The Kier molecular flexibility index (Phi) is 9.80. The van der Waals surface area contributed by atoms with Crippen LogP contribution in [0.1, 0.15) is 30.5 Å². The summed E-state index contributed by atoms with van der Waals surface area (Å²) in [5.74, 6) is 0.975. The minimum atomic E-state index is -1.75. The SMILES string of the molecule is CC(C)[OH+]c1ccccc1[CH]=[Ru]([Cl])[Cl].Cc1ccccc1N1[CH-]N(c2ccccc2C)CC1. The van der Waals surface area contributed by atoms with Gasteiger partial charge in [0.05, 0.1) is 0 Å². The number of benzene rings is 3. The number of hydrogen-bond acceptors (Lipinski definition) is 2. The monoisotopic (exact) mass is 572 g/mol. The molecule has 1 saturated heterocycles. The van der Waals surface area contributed by atoms with Crippen molar-refractivity contribution in [3.63, 3.8) is 0 Å². The Labute approximate surface area is 211 Å². The molecule has 0 amide bonds. The van der Waals surface area contributed by atoms with Crippen LogP contribution in [0.15, 0.2) is 72.8 Å². The Bertz CT molecular complexity index is 1030. The minimum Gasteiger partial charge on any atom is -0.502 e. The van der Waals surface area contributed by atoms with Crippen molar-refractivity contribution in [2.45, 2.75) is 33.8 Å². The fraction of sp³-hybridized carbons (Fsp3) is 0.259. The Balaban J connectivity index is 0.000000196. The molecular weight excluding hydrogens is 540 g/mol. The number of ether oxygens (including phenoxy) is 1. The molecule has 1 N–H and O–H groups in total. The van der Waals surface area contributed by atoms with Crippen LogP contribution < -0.4 is 9.80 Å². The minimum absolute atomic E-state index is 0.288. The maximum atomic E-state index is 5.83. The van der Waals surface area contributed by atoms with Crippen molar-refractivity contribution in [2.24, 2.45) is 0 Å². The number of aliphatic hydroxyl groups is 1. The van der Waals surface area contributed by atoms with Gasteiger partial charge in [0.2, 0.25) is 0 Å². The van der Waals surface area contributed by atoms with E-state index in [-0.39, 0.29) is 6.10 Å². The van der Waals surface area contributed by atoms with Gasteiger partial charge in [0, 0.05) is 24.5 Å².